The molecule has 0 aromatic carbocycles. The number of ether oxygens (including phenoxy) is 4. The lowest BCUT2D eigenvalue weighted by Crippen LogP contribution is -2.40. The van der Waals surface area contributed by atoms with Gasteiger partial charge >= 0.3 is 17.9 Å². The van der Waals surface area contributed by atoms with Crippen LogP contribution in [0, 0.1) is 0 Å². The Bertz CT molecular complexity index is 1070. The third-order valence-electron chi connectivity index (χ3n) is 12.5. The molecule has 0 radical (unpaired) electrons. The molecular weight excluding hydrogens is 815 g/mol. The highest BCUT2D eigenvalue weighted by molar-refractivity contribution is 5.71. The van der Waals surface area contributed by atoms with Gasteiger partial charge in [0.15, 0.2) is 6.10 Å². The van der Waals surface area contributed by atoms with Crippen LogP contribution in [-0.2, 0) is 33.3 Å². The number of hydrogen-bond acceptors (Lipinski definition) is 7. The molecule has 0 amide bonds. The Labute approximate surface area is 402 Å². The van der Waals surface area contributed by atoms with Gasteiger partial charge in [-0.3, -0.25) is 9.59 Å². The summed E-state index contributed by atoms with van der Waals surface area (Å²) >= 11 is 0. The number of carboxylic acids is 1. The van der Waals surface area contributed by atoms with Crippen molar-refractivity contribution in [3.8, 4) is 0 Å². The van der Waals surface area contributed by atoms with Gasteiger partial charge in [0.1, 0.15) is 13.2 Å². The molecule has 384 valence electrons. The predicted octanol–water partition coefficient (Wildman–Crippen LogP) is 15.8. The largest absolute Gasteiger partial charge is 0.477 e. The first-order valence-corrected chi connectivity index (χ1v) is 27.9. The van der Waals surface area contributed by atoms with E-state index in [9.17, 15) is 19.5 Å². The molecule has 9 nitrogen and oxygen atoms in total. The maximum absolute atomic E-state index is 12.8. The van der Waals surface area contributed by atoms with E-state index in [2.05, 4.69) is 26.0 Å². The molecule has 65 heavy (non-hydrogen) atoms. The molecule has 0 fully saturated rings. The van der Waals surface area contributed by atoms with E-state index in [4.69, 9.17) is 18.9 Å². The van der Waals surface area contributed by atoms with Crippen LogP contribution in [0.5, 0.6) is 0 Å². The molecule has 2 unspecified atom stereocenters. The number of unbranched alkanes of at least 4 members (excludes halogenated alkanes) is 35. The number of likely N-dealkylation sites (N-methyl/N-ethyl adjacent to an activating group) is 1. The third kappa shape index (κ3) is 49.8. The molecule has 0 aliphatic carbocycles. The van der Waals surface area contributed by atoms with Gasteiger partial charge in [0.05, 0.1) is 34.4 Å². The highest BCUT2D eigenvalue weighted by atomic mass is 16.7. The molecule has 0 spiro atoms. The zero-order valence-corrected chi connectivity index (χ0v) is 43.7. The molecule has 1 N–H and O–H groups in total. The minimum Gasteiger partial charge on any atom is -0.477 e. The Hall–Kier alpha value is -1.97. The average Bonchev–Trinajstić information content (AvgIpc) is 3.27. The summed E-state index contributed by atoms with van der Waals surface area (Å²) in [5.41, 5.74) is 0. The molecule has 2 atom stereocenters. The number of rotatable bonds is 52. The molecular formula is C56H108NO8+. The highest BCUT2D eigenvalue weighted by Gasteiger charge is 2.25. The number of carboxylic acid groups (broad SMARTS) is 1. The predicted molar refractivity (Wildman–Crippen MR) is 272 cm³/mol. The van der Waals surface area contributed by atoms with Gasteiger partial charge in [-0.25, -0.2) is 4.79 Å². The van der Waals surface area contributed by atoms with E-state index >= 15 is 0 Å². The Morgan fingerprint density at radius 1 is 0.446 bits per heavy atom. The van der Waals surface area contributed by atoms with Crippen LogP contribution in [0.1, 0.15) is 271 Å². The Kier molecular flexibility index (Phi) is 47.0. The van der Waals surface area contributed by atoms with Crippen molar-refractivity contribution in [1.82, 2.24) is 0 Å². The van der Waals surface area contributed by atoms with Gasteiger partial charge in [0, 0.05) is 12.8 Å². The summed E-state index contributed by atoms with van der Waals surface area (Å²) < 4.78 is 22.8. The lowest BCUT2D eigenvalue weighted by molar-refractivity contribution is -0.870. The average molecular weight is 923 g/mol. The number of allylic oxidation sites excluding steroid dienone is 2. The van der Waals surface area contributed by atoms with Crippen molar-refractivity contribution in [2.24, 2.45) is 0 Å². The van der Waals surface area contributed by atoms with E-state index in [0.29, 0.717) is 23.9 Å². The van der Waals surface area contributed by atoms with Crippen molar-refractivity contribution in [2.75, 3.05) is 47.5 Å². The zero-order valence-electron chi connectivity index (χ0n) is 43.7. The summed E-state index contributed by atoms with van der Waals surface area (Å²) in [5.74, 6) is -2.00. The number of aliphatic carboxylic acids is 1. The molecule has 0 saturated heterocycles. The number of quaternary nitrogens is 1. The van der Waals surface area contributed by atoms with Crippen molar-refractivity contribution in [3.05, 3.63) is 12.2 Å². The van der Waals surface area contributed by atoms with Gasteiger partial charge in [-0.05, 0) is 32.1 Å². The standard InChI is InChI=1S/C56H107NO8/c1-6-8-10-12-14-16-18-19-20-21-22-23-24-25-26-27-28-29-30-31-32-33-34-35-37-38-40-42-44-46-53(58)63-50-52(51-64-56(55(60)61)62-49-48-57(3,4)5)65-54(59)47-45-43-41-39-36-17-15-13-11-9-7-2/h13,15,52,56H,6-12,14,16-51H2,1-5H3/p+1/b15-13-. The minimum absolute atomic E-state index is 0.179. The summed E-state index contributed by atoms with van der Waals surface area (Å²) in [6.07, 6.45) is 51.7. The van der Waals surface area contributed by atoms with Crippen molar-refractivity contribution < 1.29 is 42.9 Å². The Balaban J connectivity index is 4.03. The van der Waals surface area contributed by atoms with E-state index in [0.717, 1.165) is 57.8 Å². The lowest BCUT2D eigenvalue weighted by atomic mass is 10.0. The Morgan fingerprint density at radius 2 is 0.800 bits per heavy atom. The molecule has 0 rings (SSSR count). The van der Waals surface area contributed by atoms with Gasteiger partial charge in [-0.1, -0.05) is 238 Å². The summed E-state index contributed by atoms with van der Waals surface area (Å²) in [4.78, 5) is 37.2. The van der Waals surface area contributed by atoms with Crippen LogP contribution >= 0.6 is 0 Å². The van der Waals surface area contributed by atoms with Crippen molar-refractivity contribution in [1.29, 1.82) is 0 Å². The van der Waals surface area contributed by atoms with Gasteiger partial charge in [-0.2, -0.15) is 0 Å². The van der Waals surface area contributed by atoms with Crippen LogP contribution in [-0.4, -0.2) is 87.4 Å². The molecule has 0 saturated carbocycles. The fraction of sp³-hybridized carbons (Fsp3) is 0.911. The van der Waals surface area contributed by atoms with Crippen LogP contribution in [0.15, 0.2) is 12.2 Å². The molecule has 0 aromatic rings. The number of carbonyl (C=O) groups excluding carboxylic acids is 2. The van der Waals surface area contributed by atoms with Gasteiger partial charge < -0.3 is 28.5 Å². The van der Waals surface area contributed by atoms with Gasteiger partial charge in [0.25, 0.3) is 6.29 Å². The monoisotopic (exact) mass is 923 g/mol. The molecule has 0 aliphatic rings. The first kappa shape index (κ1) is 63.0. The van der Waals surface area contributed by atoms with Crippen molar-refractivity contribution in [2.45, 2.75) is 283 Å². The van der Waals surface area contributed by atoms with Crippen molar-refractivity contribution in [3.63, 3.8) is 0 Å². The zero-order chi connectivity index (χ0) is 47.7. The molecule has 0 heterocycles. The number of esters is 2. The van der Waals surface area contributed by atoms with Crippen LogP contribution in [0.4, 0.5) is 0 Å². The topological polar surface area (TPSA) is 108 Å². The van der Waals surface area contributed by atoms with E-state index in [1.807, 2.05) is 21.1 Å². The third-order valence-corrected chi connectivity index (χ3v) is 12.5. The smallest absolute Gasteiger partial charge is 0.361 e. The number of nitrogens with zero attached hydrogens (tertiary/aromatic N) is 1. The second-order valence-corrected chi connectivity index (χ2v) is 20.3. The summed E-state index contributed by atoms with van der Waals surface area (Å²) in [7, 11) is 5.96. The maximum atomic E-state index is 12.8. The summed E-state index contributed by atoms with van der Waals surface area (Å²) in [5, 5.41) is 9.65. The maximum Gasteiger partial charge on any atom is 0.361 e. The van der Waals surface area contributed by atoms with Crippen LogP contribution in [0.2, 0.25) is 0 Å². The van der Waals surface area contributed by atoms with E-state index in [-0.39, 0.29) is 32.2 Å². The number of carbonyl (C=O) groups is 3. The fourth-order valence-corrected chi connectivity index (χ4v) is 8.17. The van der Waals surface area contributed by atoms with Crippen molar-refractivity contribution >= 4 is 17.9 Å². The molecule has 0 bridgehead atoms. The van der Waals surface area contributed by atoms with Crippen LogP contribution < -0.4 is 0 Å². The fourth-order valence-electron chi connectivity index (χ4n) is 8.17. The molecule has 0 aromatic heterocycles. The first-order valence-electron chi connectivity index (χ1n) is 27.9. The minimum atomic E-state index is -1.51. The second-order valence-electron chi connectivity index (χ2n) is 20.3. The SMILES string of the molecule is CCCC/C=C\CCCCCCCC(=O)OC(COC(=O)CCCCCCCCCCCCCCCCCCCCCCCCCCCCCCC)COC(OCC[N+](C)(C)C)C(=O)O. The Morgan fingerprint density at radius 3 is 1.18 bits per heavy atom. The summed E-state index contributed by atoms with van der Waals surface area (Å²) in [6, 6.07) is 0. The van der Waals surface area contributed by atoms with Gasteiger partial charge in [0.2, 0.25) is 0 Å². The van der Waals surface area contributed by atoms with Gasteiger partial charge in [-0.15, -0.1) is 0 Å². The van der Waals surface area contributed by atoms with E-state index in [1.54, 1.807) is 0 Å². The molecule has 9 heteroatoms. The van der Waals surface area contributed by atoms with E-state index in [1.165, 1.54) is 180 Å². The molecule has 0 aliphatic heterocycles. The first-order chi connectivity index (χ1) is 31.6. The van der Waals surface area contributed by atoms with E-state index < -0.39 is 24.3 Å². The lowest BCUT2D eigenvalue weighted by Gasteiger charge is -2.25. The van der Waals surface area contributed by atoms with Crippen LogP contribution in [0.3, 0.4) is 0 Å². The summed E-state index contributed by atoms with van der Waals surface area (Å²) in [6.45, 7) is 4.86. The number of hydrogen-bond donors (Lipinski definition) is 1. The second kappa shape index (κ2) is 48.5. The highest BCUT2D eigenvalue weighted by Crippen LogP contribution is 2.17. The quantitative estimate of drug-likeness (QED) is 0.0211. The normalized spacial score (nSPS) is 12.8. The van der Waals surface area contributed by atoms with Crippen LogP contribution in [0.25, 0.3) is 0 Å².